The average Bonchev–Trinajstić information content (AvgIpc) is 2.08. The van der Waals surface area contributed by atoms with Crippen LogP contribution in [-0.2, 0) is 4.79 Å². The zero-order valence-corrected chi connectivity index (χ0v) is 5.51. The molecule has 0 amide bonds. The van der Waals surface area contributed by atoms with E-state index >= 15 is 0 Å². The summed E-state index contributed by atoms with van der Waals surface area (Å²) in [5, 5.41) is 2.78. The predicted molar refractivity (Wildman–Crippen MR) is 33.6 cm³/mol. The Morgan fingerprint density at radius 2 is 2.33 bits per heavy atom. The number of carbonyl (C=O) groups excluding carboxylic acids is 1. The minimum Gasteiger partial charge on any atom is -0.302 e. The summed E-state index contributed by atoms with van der Waals surface area (Å²) in [5.41, 5.74) is 0. The fourth-order valence-corrected chi connectivity index (χ4v) is 0.691. The molecule has 0 aromatic carbocycles. The Bertz CT molecular complexity index is 199. The largest absolute Gasteiger partial charge is 0.302 e. The number of rotatable bonds is 0. The van der Waals surface area contributed by atoms with Crippen LogP contribution in [0.15, 0.2) is 18.2 Å². The summed E-state index contributed by atoms with van der Waals surface area (Å²) in [6.07, 6.45) is 3.61. The van der Waals surface area contributed by atoms with Gasteiger partial charge >= 0.3 is 0 Å². The average molecular weight is 125 g/mol. The van der Waals surface area contributed by atoms with Gasteiger partial charge in [-0.3, -0.25) is 0 Å². The van der Waals surface area contributed by atoms with Crippen LogP contribution in [0.5, 0.6) is 0 Å². The Kier molecular flexibility index (Phi) is 1.16. The maximum absolute atomic E-state index is 10.1. The summed E-state index contributed by atoms with van der Waals surface area (Å²) in [6.45, 7) is 0. The fourth-order valence-electron chi connectivity index (χ4n) is 0.691. The van der Waals surface area contributed by atoms with Gasteiger partial charge in [-0.1, -0.05) is 0 Å². The lowest BCUT2D eigenvalue weighted by atomic mass is 10.6. The van der Waals surface area contributed by atoms with Gasteiger partial charge in [-0.05, 0) is 0 Å². The molecule has 1 N–H and O–H groups in total. The minimum atomic E-state index is 0.462. The monoisotopic (exact) mass is 125 g/mol. The van der Waals surface area contributed by atoms with Crippen molar-refractivity contribution in [3.63, 3.8) is 0 Å². The lowest BCUT2D eigenvalue weighted by molar-refractivity contribution is -0.794. The molecule has 0 radical (unpaired) electrons. The second kappa shape index (κ2) is 1.72. The van der Waals surface area contributed by atoms with E-state index in [1.54, 1.807) is 6.20 Å². The van der Waals surface area contributed by atoms with Gasteiger partial charge in [0.1, 0.15) is 6.20 Å². The van der Waals surface area contributed by atoms with E-state index in [1.165, 1.54) is 0 Å². The normalized spacial score (nSPS) is 21.3. The Balaban J connectivity index is 2.98. The lowest BCUT2D eigenvalue weighted by Gasteiger charge is -2.16. The van der Waals surface area contributed by atoms with Crippen molar-refractivity contribution in [3.8, 4) is 0 Å². The van der Waals surface area contributed by atoms with Crippen LogP contribution in [0.1, 0.15) is 0 Å². The summed E-state index contributed by atoms with van der Waals surface area (Å²) in [4.78, 5) is 10.1. The number of nitrogens with zero attached hydrogens (tertiary/aromatic N) is 1. The smallest absolute Gasteiger partial charge is 0.296 e. The van der Waals surface area contributed by atoms with E-state index in [-0.39, 0.29) is 0 Å². The molecule has 3 nitrogen and oxygen atoms in total. The van der Waals surface area contributed by atoms with Gasteiger partial charge in [0.2, 0.25) is 5.94 Å². The van der Waals surface area contributed by atoms with E-state index in [1.807, 2.05) is 26.2 Å². The molecule has 0 unspecified atom stereocenters. The Hall–Kier alpha value is -1.05. The number of quaternary nitrogens is 1. The predicted octanol–water partition coefficient (Wildman–Crippen LogP) is -0.190. The van der Waals surface area contributed by atoms with Crippen molar-refractivity contribution in [2.45, 2.75) is 0 Å². The molecule has 1 rings (SSSR count). The molecule has 9 heavy (non-hydrogen) atoms. The standard InChI is InChI=1S/C6H9N2O/c1-8(2)4-3-7-6(8)5-9/h3-4,7H,1-2H3/q+1. The zero-order valence-electron chi connectivity index (χ0n) is 5.51. The lowest BCUT2D eigenvalue weighted by Crippen LogP contribution is -2.32. The third-order valence-electron chi connectivity index (χ3n) is 1.34. The summed E-state index contributed by atoms with van der Waals surface area (Å²) in [6, 6.07) is 0. The maximum Gasteiger partial charge on any atom is 0.296 e. The first-order valence-electron chi connectivity index (χ1n) is 2.70. The third-order valence-corrected chi connectivity index (χ3v) is 1.34. The van der Waals surface area contributed by atoms with Crippen molar-refractivity contribution < 1.29 is 9.28 Å². The molecule has 0 saturated heterocycles. The molecule has 0 aromatic heterocycles. The number of hydrogen-bond donors (Lipinski definition) is 1. The van der Waals surface area contributed by atoms with Crippen LogP contribution in [-0.4, -0.2) is 24.5 Å². The second-order valence-electron chi connectivity index (χ2n) is 2.45. The molecule has 0 aromatic rings. The van der Waals surface area contributed by atoms with Crippen LogP contribution in [0.3, 0.4) is 0 Å². The molecular weight excluding hydrogens is 116 g/mol. The van der Waals surface area contributed by atoms with Gasteiger partial charge < -0.3 is 5.32 Å². The van der Waals surface area contributed by atoms with Crippen molar-refractivity contribution >= 4 is 5.94 Å². The van der Waals surface area contributed by atoms with Crippen LogP contribution in [0, 0.1) is 0 Å². The molecular formula is C6H9N2O+. The van der Waals surface area contributed by atoms with Crippen molar-refractivity contribution in [3.05, 3.63) is 18.2 Å². The van der Waals surface area contributed by atoms with Crippen molar-refractivity contribution in [2.75, 3.05) is 14.1 Å². The molecule has 0 fully saturated rings. The summed E-state index contributed by atoms with van der Waals surface area (Å²) < 4.78 is 0.462. The summed E-state index contributed by atoms with van der Waals surface area (Å²) >= 11 is 0. The van der Waals surface area contributed by atoms with Crippen LogP contribution >= 0.6 is 0 Å². The Labute approximate surface area is 53.9 Å². The van der Waals surface area contributed by atoms with Gasteiger partial charge in [-0.25, -0.2) is 9.28 Å². The highest BCUT2D eigenvalue weighted by atomic mass is 16.1. The fraction of sp³-hybridized carbons (Fsp3) is 0.333. The molecule has 1 heterocycles. The van der Waals surface area contributed by atoms with E-state index < -0.39 is 0 Å². The van der Waals surface area contributed by atoms with Crippen molar-refractivity contribution in [1.82, 2.24) is 5.32 Å². The van der Waals surface area contributed by atoms with Gasteiger partial charge in [-0.2, -0.15) is 0 Å². The quantitative estimate of drug-likeness (QED) is 0.359. The van der Waals surface area contributed by atoms with Crippen LogP contribution in [0.25, 0.3) is 0 Å². The Morgan fingerprint density at radius 3 is 2.56 bits per heavy atom. The van der Waals surface area contributed by atoms with Crippen LogP contribution in [0.4, 0.5) is 0 Å². The molecule has 1 aliphatic heterocycles. The molecule has 0 bridgehead atoms. The van der Waals surface area contributed by atoms with Gasteiger partial charge in [0, 0.05) is 0 Å². The number of nitrogens with one attached hydrogen (secondary N) is 1. The van der Waals surface area contributed by atoms with Gasteiger partial charge in [-0.15, -0.1) is 0 Å². The van der Waals surface area contributed by atoms with Crippen LogP contribution < -0.4 is 5.32 Å². The highest BCUT2D eigenvalue weighted by Gasteiger charge is 2.24. The van der Waals surface area contributed by atoms with Gasteiger partial charge in [0.25, 0.3) is 5.82 Å². The summed E-state index contributed by atoms with van der Waals surface area (Å²) in [7, 11) is 3.80. The van der Waals surface area contributed by atoms with Gasteiger partial charge in [0.15, 0.2) is 0 Å². The van der Waals surface area contributed by atoms with E-state index in [4.69, 9.17) is 0 Å². The molecule has 0 spiro atoms. The summed E-state index contributed by atoms with van der Waals surface area (Å²) in [5.74, 6) is 2.37. The second-order valence-corrected chi connectivity index (χ2v) is 2.45. The highest BCUT2D eigenvalue weighted by molar-refractivity contribution is 5.49. The number of hydrogen-bond acceptors (Lipinski definition) is 2. The Morgan fingerprint density at radius 1 is 1.67 bits per heavy atom. The van der Waals surface area contributed by atoms with E-state index in [9.17, 15) is 4.79 Å². The molecule has 0 saturated carbocycles. The molecule has 1 aliphatic rings. The van der Waals surface area contributed by atoms with Crippen LogP contribution in [0.2, 0.25) is 0 Å². The van der Waals surface area contributed by atoms with Crippen molar-refractivity contribution in [2.24, 2.45) is 0 Å². The highest BCUT2D eigenvalue weighted by Crippen LogP contribution is 2.10. The molecule has 0 atom stereocenters. The molecule has 48 valence electrons. The maximum atomic E-state index is 10.1. The van der Waals surface area contributed by atoms with E-state index in [2.05, 4.69) is 5.32 Å². The molecule has 3 heteroatoms. The molecule has 0 aliphatic carbocycles. The first kappa shape index (κ1) is 6.08. The minimum absolute atomic E-state index is 0.462. The third kappa shape index (κ3) is 0.875. The first-order valence-corrected chi connectivity index (χ1v) is 2.70. The topological polar surface area (TPSA) is 29.1 Å². The zero-order chi connectivity index (χ0) is 6.91. The van der Waals surface area contributed by atoms with Crippen molar-refractivity contribution in [1.29, 1.82) is 0 Å². The first-order chi connectivity index (χ1) is 4.17. The SMILES string of the molecule is C[N+]1(C)C=CNC1=C=O. The van der Waals surface area contributed by atoms with E-state index in [0.717, 1.165) is 0 Å². The van der Waals surface area contributed by atoms with E-state index in [0.29, 0.717) is 10.3 Å². The van der Waals surface area contributed by atoms with Gasteiger partial charge in [0.05, 0.1) is 20.3 Å².